The van der Waals surface area contributed by atoms with Crippen molar-refractivity contribution in [1.29, 1.82) is 0 Å². The number of aliphatic hydroxyl groups is 11. The third kappa shape index (κ3) is 24.8. The third-order valence-corrected chi connectivity index (χ3v) is 21.9. The maximum absolute atomic E-state index is 11.7. The molecule has 22 atom stereocenters. The van der Waals surface area contributed by atoms with E-state index in [0.29, 0.717) is 0 Å². The number of carbonyl (C=O) groups excluding carboxylic acids is 6. The summed E-state index contributed by atoms with van der Waals surface area (Å²) >= 11 is 0. The van der Waals surface area contributed by atoms with Crippen molar-refractivity contribution >= 4 is 88.1 Å². The zero-order valence-corrected chi connectivity index (χ0v) is 47.5. The summed E-state index contributed by atoms with van der Waals surface area (Å²) < 4.78 is 142. The normalized spacial score (nSPS) is 34.7. The fourth-order valence-corrected chi connectivity index (χ4v) is 17.8. The average molecular weight is 1290 g/mol. The molecule has 0 aromatic heterocycles. The molecule has 5 rings (SSSR count). The summed E-state index contributed by atoms with van der Waals surface area (Å²) in [6.45, 7) is 0.333. The molecule has 0 aromatic rings. The Labute approximate surface area is 466 Å². The molecule has 5 heterocycles. The summed E-state index contributed by atoms with van der Waals surface area (Å²) in [5.41, 5.74) is 0. The maximum atomic E-state index is 11.7. The number of aliphatic hydroxyl groups excluding tert-OH is 11. The highest BCUT2D eigenvalue weighted by atomic mass is 32.3. The Morgan fingerprint density at radius 2 is 0.900 bits per heavy atom. The molecule has 11 N–H and O–H groups in total. The first kappa shape index (κ1) is 75.8. The van der Waals surface area contributed by atoms with Gasteiger partial charge in [0.25, 0.3) is 0 Å². The van der Waals surface area contributed by atoms with Crippen LogP contribution in [0.25, 0.3) is 0 Å². The molecule has 5 saturated heterocycles. The van der Waals surface area contributed by atoms with Crippen molar-refractivity contribution in [2.24, 2.45) is 11.8 Å². The van der Waals surface area contributed by atoms with Gasteiger partial charge in [0.05, 0.1) is 53.9 Å². The minimum Gasteiger partial charge on any atom is -0.726 e. The van der Waals surface area contributed by atoms with Crippen LogP contribution in [0.3, 0.4) is 0 Å². The van der Waals surface area contributed by atoms with Crippen molar-refractivity contribution in [3.63, 3.8) is 0 Å². The van der Waals surface area contributed by atoms with Crippen molar-refractivity contribution in [3.05, 3.63) is 0 Å². The van der Waals surface area contributed by atoms with Crippen LogP contribution in [0.4, 0.5) is 0 Å². The van der Waals surface area contributed by atoms with E-state index in [-0.39, 0.29) is 73.2 Å². The zero-order chi connectivity index (χ0) is 61.6. The number of esters is 2. The van der Waals surface area contributed by atoms with Crippen LogP contribution in [0, 0.1) is 11.8 Å². The molecular weight excluding hydrogens is 1220 g/mol. The van der Waals surface area contributed by atoms with E-state index in [4.69, 9.17) is 48.3 Å². The Hall–Kier alpha value is -2.24. The Morgan fingerprint density at radius 3 is 1.18 bits per heavy atom. The molecule has 0 aromatic carbocycles. The molecule has 0 spiro atoms. The molecule has 41 heteroatoms. The standard InChI is InChI=1S/2C14H24O11S2.C9H18O9S2.2CO2/c2*1-7(13(18)22-2)14-23-4-9(25-27(19,20)21)10(24-14)6-26-5-8(16)12(17)11(26)3-15;10-1-7(18-20(15,16)17)5(12)3-19-4-6(13)9(14)8(19)2-11;2*2-1-3/h2*7-12,14-17H,3-6H2,1-2H3;5-14H,1-4H2;;/t2*7?,8-,9+,10-,11-,12+,14?,26?;5-,6-,7+,8-,9+,19?;;/m111../s1. The van der Waals surface area contributed by atoms with E-state index >= 15 is 0 Å². The lowest BCUT2D eigenvalue weighted by Gasteiger charge is -2.37. The van der Waals surface area contributed by atoms with Gasteiger partial charge in [0, 0.05) is 32.7 Å². The largest absolute Gasteiger partial charge is 0.726 e. The molecular formula is C39H66O35S6. The Kier molecular flexibility index (Phi) is 34.0. The van der Waals surface area contributed by atoms with Gasteiger partial charge in [-0.25, -0.2) is 25.3 Å². The highest BCUT2D eigenvalue weighted by Crippen LogP contribution is 2.32. The molecule has 0 bridgehead atoms. The van der Waals surface area contributed by atoms with E-state index < -0.39 is 202 Å². The van der Waals surface area contributed by atoms with Gasteiger partial charge in [-0.2, -0.15) is 19.2 Å². The monoisotopic (exact) mass is 1290 g/mol. The average Bonchev–Trinajstić information content (AvgIpc) is 3.92. The summed E-state index contributed by atoms with van der Waals surface area (Å²) in [5.74, 6) is -2.25. The van der Waals surface area contributed by atoms with Crippen LogP contribution in [-0.2, 0) is 134 Å². The van der Waals surface area contributed by atoms with Gasteiger partial charge in [-0.15, -0.1) is 0 Å². The van der Waals surface area contributed by atoms with Crippen LogP contribution in [0.2, 0.25) is 0 Å². The van der Waals surface area contributed by atoms with Gasteiger partial charge in [0.15, 0.2) is 28.3 Å². The van der Waals surface area contributed by atoms with Crippen molar-refractivity contribution in [2.75, 3.05) is 88.4 Å². The Balaban J connectivity index is 0.000000577. The van der Waals surface area contributed by atoms with Crippen molar-refractivity contribution in [1.82, 2.24) is 0 Å². The molecule has 80 heavy (non-hydrogen) atoms. The molecule has 35 nitrogen and oxygen atoms in total. The summed E-state index contributed by atoms with van der Waals surface area (Å²) in [4.78, 5) is 55.9. The lowest BCUT2D eigenvalue weighted by atomic mass is 10.1. The summed E-state index contributed by atoms with van der Waals surface area (Å²) in [6, 6.07) is 0. The smallest absolute Gasteiger partial charge is 0.373 e. The number of carbonyl (C=O) groups is 2. The molecule has 0 aliphatic carbocycles. The number of hydrogen-bond acceptors (Lipinski definition) is 35. The molecule has 5 aliphatic heterocycles. The van der Waals surface area contributed by atoms with E-state index in [1.165, 1.54) is 28.1 Å². The lowest BCUT2D eigenvalue weighted by Crippen LogP contribution is -2.52. The highest BCUT2D eigenvalue weighted by Gasteiger charge is 2.55. The number of rotatable bonds is 21. The van der Waals surface area contributed by atoms with E-state index in [9.17, 15) is 94.5 Å². The number of methoxy groups -OCH3 is 2. The van der Waals surface area contributed by atoms with Crippen LogP contribution < -0.4 is 0 Å². The first-order valence-electron chi connectivity index (χ1n) is 23.0. The first-order valence-corrected chi connectivity index (χ1v) is 31.8. The third-order valence-electron chi connectivity index (χ3n) is 12.0. The Bertz CT molecular complexity index is 2150. The van der Waals surface area contributed by atoms with E-state index in [1.54, 1.807) is 0 Å². The zero-order valence-electron chi connectivity index (χ0n) is 42.6. The minimum atomic E-state index is -5.07. The minimum absolute atomic E-state index is 0.104. The Morgan fingerprint density at radius 1 is 0.588 bits per heavy atom. The second-order valence-electron chi connectivity index (χ2n) is 17.4. The van der Waals surface area contributed by atoms with E-state index in [1.807, 2.05) is 0 Å². The lowest BCUT2D eigenvalue weighted by molar-refractivity contribution is -0.259. The van der Waals surface area contributed by atoms with Gasteiger partial charge >= 0.3 is 24.2 Å². The van der Waals surface area contributed by atoms with Gasteiger partial charge in [-0.05, 0) is 13.8 Å². The van der Waals surface area contributed by atoms with Gasteiger partial charge < -0.3 is 98.3 Å². The predicted molar refractivity (Wildman–Crippen MR) is 258 cm³/mol. The van der Waals surface area contributed by atoms with Gasteiger partial charge in [0.1, 0.15) is 120 Å². The number of ether oxygens (including phenoxy) is 6. The van der Waals surface area contributed by atoms with Crippen LogP contribution in [0.5, 0.6) is 0 Å². The highest BCUT2D eigenvalue weighted by molar-refractivity contribution is 7.98. The molecule has 5 fully saturated rings. The summed E-state index contributed by atoms with van der Waals surface area (Å²) in [7, 11) is -15.0. The van der Waals surface area contributed by atoms with Crippen LogP contribution in [0.1, 0.15) is 13.8 Å². The van der Waals surface area contributed by atoms with Gasteiger partial charge in [-0.3, -0.25) is 22.1 Å². The molecule has 0 radical (unpaired) electrons. The second-order valence-corrected chi connectivity index (χ2v) is 27.4. The van der Waals surface area contributed by atoms with Gasteiger partial charge in [0.2, 0.25) is 31.2 Å². The molecule has 0 saturated carbocycles. The predicted octanol–water partition coefficient (Wildman–Crippen LogP) is -11.1. The van der Waals surface area contributed by atoms with Crippen LogP contribution in [-0.4, -0.2) is 309 Å². The summed E-state index contributed by atoms with van der Waals surface area (Å²) in [6.07, 6.45) is -15.6. The fraction of sp³-hybridized carbons (Fsp3) is 0.897. The van der Waals surface area contributed by atoms with E-state index in [0.717, 1.165) is 0 Å². The van der Waals surface area contributed by atoms with Crippen molar-refractivity contribution < 1.29 is 165 Å². The fourth-order valence-electron chi connectivity index (χ4n) is 8.08. The second kappa shape index (κ2) is 35.9. The van der Waals surface area contributed by atoms with Gasteiger partial charge in [-0.1, -0.05) is 0 Å². The van der Waals surface area contributed by atoms with Crippen molar-refractivity contribution in [3.8, 4) is 0 Å². The molecule has 5 aliphatic rings. The van der Waals surface area contributed by atoms with Crippen LogP contribution >= 0.6 is 0 Å². The molecule has 468 valence electrons. The van der Waals surface area contributed by atoms with E-state index in [2.05, 4.69) is 22.0 Å². The van der Waals surface area contributed by atoms with Crippen LogP contribution in [0.15, 0.2) is 0 Å². The quantitative estimate of drug-likeness (QED) is 0.0220. The summed E-state index contributed by atoms with van der Waals surface area (Å²) in [5, 5.41) is 104. The topological polar surface area (TPSA) is 580 Å². The van der Waals surface area contributed by atoms with Crippen molar-refractivity contribution in [2.45, 2.75) is 115 Å². The SMILES string of the molecule is COC(=O)C(C)C1OC[C@H](OS(=O)(=O)[O-])[C@@H](C[S+]2C[C@@H](O)[C@H](O)[C@H]2CO)O1.COC(=O)C(C)C1OC[C@H](OS(=O)(=O)[O-])[C@@H](C[S+]2C[C@@H](O)[C@H](O)[C@H]2CO)O1.O=C=O.O=C=O.O=S(=O)([O-])O[C@@H](CO)[C@H](O)C[S+]1C[C@@H](O)[C@H](O)[C@H]1CO. The number of hydrogen-bond donors (Lipinski definition) is 11. The first-order chi connectivity index (χ1) is 37.2. The molecule has 7 unspecified atom stereocenters. The molecule has 0 amide bonds. The maximum Gasteiger partial charge on any atom is 0.373 e.